The lowest BCUT2D eigenvalue weighted by molar-refractivity contribution is -0.383. The van der Waals surface area contributed by atoms with Crippen molar-refractivity contribution in [2.45, 2.75) is 43.5 Å². The number of nitrogens with one attached hydrogen (secondary N) is 1. The van der Waals surface area contributed by atoms with E-state index in [-0.39, 0.29) is 22.3 Å². The van der Waals surface area contributed by atoms with Crippen LogP contribution in [-0.4, -0.2) is 19.4 Å². The van der Waals surface area contributed by atoms with Crippen molar-refractivity contribution >= 4 is 21.4 Å². The summed E-state index contributed by atoms with van der Waals surface area (Å²) in [4.78, 5) is 10.0. The first-order chi connectivity index (χ1) is 9.83. The lowest BCUT2D eigenvalue weighted by atomic mass is 10.1. The van der Waals surface area contributed by atoms with E-state index in [1.807, 2.05) is 6.92 Å². The summed E-state index contributed by atoms with van der Waals surface area (Å²) in [5, 5.41) is 10.7. The molecule has 0 heterocycles. The van der Waals surface area contributed by atoms with E-state index >= 15 is 0 Å². The normalized spacial score (nSPS) is 16.6. The maximum atomic E-state index is 12.3. The molecule has 1 aliphatic carbocycles. The van der Waals surface area contributed by atoms with Gasteiger partial charge in [0.25, 0.3) is 5.69 Å². The summed E-state index contributed by atoms with van der Waals surface area (Å²) in [6, 6.07) is 3.34. The van der Waals surface area contributed by atoms with Gasteiger partial charge in [-0.3, -0.25) is 10.1 Å². The third-order valence-corrected chi connectivity index (χ3v) is 5.15. The van der Waals surface area contributed by atoms with Crippen molar-refractivity contribution in [2.75, 3.05) is 5.73 Å². The van der Waals surface area contributed by atoms with Crippen LogP contribution >= 0.6 is 0 Å². The first-order valence-electron chi connectivity index (χ1n) is 6.89. The van der Waals surface area contributed by atoms with E-state index in [1.165, 1.54) is 6.07 Å². The van der Waals surface area contributed by atoms with Crippen LogP contribution in [0.4, 0.5) is 11.4 Å². The Morgan fingerprint density at radius 1 is 1.48 bits per heavy atom. The highest BCUT2D eigenvalue weighted by atomic mass is 32.2. The molecule has 0 saturated heterocycles. The number of nitro benzene ring substituents is 1. The second-order valence-electron chi connectivity index (χ2n) is 5.38. The quantitative estimate of drug-likeness (QED) is 0.454. The van der Waals surface area contributed by atoms with Gasteiger partial charge in [-0.15, -0.1) is 0 Å². The molecule has 2 rings (SSSR count). The maximum absolute atomic E-state index is 12.3. The van der Waals surface area contributed by atoms with Gasteiger partial charge < -0.3 is 5.73 Å². The zero-order valence-corrected chi connectivity index (χ0v) is 12.6. The number of anilines is 1. The zero-order valence-electron chi connectivity index (χ0n) is 11.8. The minimum absolute atomic E-state index is 0.0418. The van der Waals surface area contributed by atoms with Crippen molar-refractivity contribution in [3.8, 4) is 0 Å². The van der Waals surface area contributed by atoms with Gasteiger partial charge in [0, 0.05) is 12.1 Å². The maximum Gasteiger partial charge on any atom is 0.292 e. The summed E-state index contributed by atoms with van der Waals surface area (Å²) < 4.78 is 27.3. The van der Waals surface area contributed by atoms with Crippen molar-refractivity contribution in [2.24, 2.45) is 5.92 Å². The molecule has 3 N–H and O–H groups in total. The molecule has 1 fully saturated rings. The van der Waals surface area contributed by atoms with Crippen molar-refractivity contribution in [1.29, 1.82) is 0 Å². The molecule has 0 bridgehead atoms. The van der Waals surface area contributed by atoms with Crippen molar-refractivity contribution in [1.82, 2.24) is 4.72 Å². The standard InChI is InChI=1S/C13H19N3O4S/c1-2-10(7-9-3-4-9)15-21(19,20)11-5-6-13(16(17)18)12(14)8-11/h5-6,8-10,15H,2-4,7,14H2,1H3. The Morgan fingerprint density at radius 2 is 2.14 bits per heavy atom. The predicted octanol–water partition coefficient (Wildman–Crippen LogP) is 2.03. The van der Waals surface area contributed by atoms with E-state index in [0.29, 0.717) is 12.3 Å². The zero-order chi connectivity index (χ0) is 15.6. The highest BCUT2D eigenvalue weighted by Gasteiger charge is 2.28. The fourth-order valence-corrected chi connectivity index (χ4v) is 3.57. The van der Waals surface area contributed by atoms with E-state index in [4.69, 9.17) is 5.73 Å². The molecule has 0 aliphatic heterocycles. The first kappa shape index (κ1) is 15.7. The molecule has 1 aromatic rings. The van der Waals surface area contributed by atoms with E-state index in [0.717, 1.165) is 31.4 Å². The van der Waals surface area contributed by atoms with Crippen LogP contribution in [0.3, 0.4) is 0 Å². The molecule has 1 aliphatic rings. The molecular weight excluding hydrogens is 294 g/mol. The Balaban J connectivity index is 2.18. The largest absolute Gasteiger partial charge is 0.393 e. The van der Waals surface area contributed by atoms with Gasteiger partial charge in [-0.2, -0.15) is 0 Å². The number of nitrogens with two attached hydrogens (primary N) is 1. The van der Waals surface area contributed by atoms with Crippen molar-refractivity contribution in [3.63, 3.8) is 0 Å². The number of nitrogens with zero attached hydrogens (tertiary/aromatic N) is 1. The van der Waals surface area contributed by atoms with Crippen LogP contribution in [0.15, 0.2) is 23.1 Å². The molecule has 1 atom stereocenters. The molecule has 1 saturated carbocycles. The monoisotopic (exact) mass is 313 g/mol. The van der Waals surface area contributed by atoms with Crippen LogP contribution < -0.4 is 10.5 Å². The molecule has 0 amide bonds. The average Bonchev–Trinajstić information content (AvgIpc) is 3.21. The Labute approximate surface area is 123 Å². The summed E-state index contributed by atoms with van der Waals surface area (Å²) in [5.74, 6) is 0.611. The molecule has 7 nitrogen and oxygen atoms in total. The Morgan fingerprint density at radius 3 is 2.62 bits per heavy atom. The van der Waals surface area contributed by atoms with Gasteiger partial charge in [-0.05, 0) is 30.9 Å². The minimum Gasteiger partial charge on any atom is -0.393 e. The summed E-state index contributed by atoms with van der Waals surface area (Å²) in [6.07, 6.45) is 3.85. The third kappa shape index (κ3) is 3.92. The molecular formula is C13H19N3O4S. The van der Waals surface area contributed by atoms with Crippen molar-refractivity contribution in [3.05, 3.63) is 28.3 Å². The van der Waals surface area contributed by atoms with E-state index in [2.05, 4.69) is 4.72 Å². The fourth-order valence-electron chi connectivity index (χ4n) is 2.21. The summed E-state index contributed by atoms with van der Waals surface area (Å²) in [6.45, 7) is 1.93. The minimum atomic E-state index is -3.71. The topological polar surface area (TPSA) is 115 Å². The van der Waals surface area contributed by atoms with Crippen molar-refractivity contribution < 1.29 is 13.3 Å². The molecule has 116 valence electrons. The number of hydrogen-bond donors (Lipinski definition) is 2. The SMILES string of the molecule is CCC(CC1CC1)NS(=O)(=O)c1ccc([N+](=O)[O-])c(N)c1. The number of sulfonamides is 1. The first-order valence-corrected chi connectivity index (χ1v) is 8.38. The number of hydrogen-bond acceptors (Lipinski definition) is 5. The second-order valence-corrected chi connectivity index (χ2v) is 7.10. The van der Waals surface area contributed by atoms with Crippen LogP contribution in [0.25, 0.3) is 0 Å². The fraction of sp³-hybridized carbons (Fsp3) is 0.538. The molecule has 0 radical (unpaired) electrons. The Bertz CT molecular complexity index is 641. The van der Waals surface area contributed by atoms with Crippen LogP contribution in [-0.2, 0) is 10.0 Å². The van der Waals surface area contributed by atoms with Crippen LogP contribution in [0.1, 0.15) is 32.6 Å². The predicted molar refractivity (Wildman–Crippen MR) is 79.3 cm³/mol. The summed E-state index contributed by atoms with van der Waals surface area (Å²) in [7, 11) is -3.71. The average molecular weight is 313 g/mol. The molecule has 21 heavy (non-hydrogen) atoms. The molecule has 0 aromatic heterocycles. The molecule has 1 unspecified atom stereocenters. The molecule has 8 heteroatoms. The lowest BCUT2D eigenvalue weighted by Gasteiger charge is -2.17. The third-order valence-electron chi connectivity index (χ3n) is 3.64. The summed E-state index contributed by atoms with van der Waals surface area (Å²) in [5.41, 5.74) is 5.09. The summed E-state index contributed by atoms with van der Waals surface area (Å²) >= 11 is 0. The lowest BCUT2D eigenvalue weighted by Crippen LogP contribution is -2.34. The number of nitro groups is 1. The van der Waals surface area contributed by atoms with E-state index in [1.54, 1.807) is 0 Å². The van der Waals surface area contributed by atoms with Crippen LogP contribution in [0, 0.1) is 16.0 Å². The number of rotatable bonds is 7. The molecule has 1 aromatic carbocycles. The van der Waals surface area contributed by atoms with Gasteiger partial charge >= 0.3 is 0 Å². The van der Waals surface area contributed by atoms with Gasteiger partial charge in [0.05, 0.1) is 9.82 Å². The van der Waals surface area contributed by atoms with Crippen LogP contribution in [0.2, 0.25) is 0 Å². The van der Waals surface area contributed by atoms with Gasteiger partial charge in [0.15, 0.2) is 0 Å². The second kappa shape index (κ2) is 5.98. The highest BCUT2D eigenvalue weighted by molar-refractivity contribution is 7.89. The van der Waals surface area contributed by atoms with Gasteiger partial charge in [0.1, 0.15) is 5.69 Å². The van der Waals surface area contributed by atoms with Crippen LogP contribution in [0.5, 0.6) is 0 Å². The van der Waals surface area contributed by atoms with E-state index < -0.39 is 14.9 Å². The smallest absolute Gasteiger partial charge is 0.292 e. The highest BCUT2D eigenvalue weighted by Crippen LogP contribution is 2.34. The van der Waals surface area contributed by atoms with E-state index in [9.17, 15) is 18.5 Å². The van der Waals surface area contributed by atoms with Gasteiger partial charge in [-0.1, -0.05) is 19.8 Å². The van der Waals surface area contributed by atoms with Gasteiger partial charge in [-0.25, -0.2) is 13.1 Å². The number of nitrogen functional groups attached to an aromatic ring is 1. The van der Waals surface area contributed by atoms with Gasteiger partial charge in [0.2, 0.25) is 10.0 Å². The Hall–Kier alpha value is -1.67. The molecule has 0 spiro atoms. The number of benzene rings is 1. The Kier molecular flexibility index (Phi) is 4.48.